The number of rotatable bonds is 13. The van der Waals surface area contributed by atoms with E-state index in [1.807, 2.05) is 18.5 Å². The number of carboxylic acids is 1. The number of aliphatic carboxylic acids is 1. The number of likely N-dealkylation sites (N-methyl/N-ethyl adjacent to an activating group) is 1. The fraction of sp³-hybridized carbons (Fsp3) is 0.792. The second kappa shape index (κ2) is 15.2. The predicted molar refractivity (Wildman–Crippen MR) is 223 cm³/mol. The van der Waals surface area contributed by atoms with Crippen molar-refractivity contribution in [1.29, 1.82) is 0 Å². The molecule has 0 aromatic carbocycles. The van der Waals surface area contributed by atoms with E-state index in [4.69, 9.17) is 4.74 Å². The molecule has 0 amide bonds. The molecular formula is C48H75N3O5. The molecule has 5 aliphatic carbocycles. The maximum Gasteiger partial charge on any atom is 0.309 e. The predicted octanol–water partition coefficient (Wildman–Crippen LogP) is 9.79. The molecule has 56 heavy (non-hydrogen) atoms. The van der Waals surface area contributed by atoms with Crippen molar-refractivity contribution < 1.29 is 24.2 Å². The Balaban J connectivity index is 1.27. The van der Waals surface area contributed by atoms with Gasteiger partial charge in [-0.3, -0.25) is 24.3 Å². The summed E-state index contributed by atoms with van der Waals surface area (Å²) in [5, 5.41) is 9.65. The molecule has 0 radical (unpaired) electrons. The van der Waals surface area contributed by atoms with Gasteiger partial charge in [-0.15, -0.1) is 0 Å². The highest BCUT2D eigenvalue weighted by Crippen LogP contribution is 2.77. The van der Waals surface area contributed by atoms with Crippen molar-refractivity contribution in [3.05, 3.63) is 41.2 Å². The second-order valence-corrected chi connectivity index (χ2v) is 21.7. The molecule has 0 spiro atoms. The number of carbonyl (C=O) groups is 3. The summed E-state index contributed by atoms with van der Waals surface area (Å²) in [6.45, 7) is 25.4. The van der Waals surface area contributed by atoms with E-state index in [0.29, 0.717) is 30.0 Å². The summed E-state index contributed by atoms with van der Waals surface area (Å²) in [6.07, 6.45) is 13.8. The van der Waals surface area contributed by atoms with E-state index < -0.39 is 17.4 Å². The van der Waals surface area contributed by atoms with Crippen molar-refractivity contribution in [3.8, 4) is 0 Å². The van der Waals surface area contributed by atoms with Crippen LogP contribution in [0.4, 0.5) is 0 Å². The van der Waals surface area contributed by atoms with Crippen LogP contribution in [0.25, 0.3) is 0 Å². The Morgan fingerprint density at radius 3 is 2.27 bits per heavy atom. The van der Waals surface area contributed by atoms with Crippen molar-refractivity contribution in [2.75, 3.05) is 33.7 Å². The summed E-state index contributed by atoms with van der Waals surface area (Å²) in [5.41, 5.74) is 2.86. The molecule has 1 N–H and O–H groups in total. The van der Waals surface area contributed by atoms with Crippen molar-refractivity contribution in [2.45, 2.75) is 152 Å². The second-order valence-electron chi connectivity index (χ2n) is 21.7. The fourth-order valence-electron chi connectivity index (χ4n) is 13.9. The number of carboxylic acid groups (broad SMARTS) is 1. The van der Waals surface area contributed by atoms with Crippen molar-refractivity contribution in [3.63, 3.8) is 0 Å². The van der Waals surface area contributed by atoms with E-state index in [9.17, 15) is 19.5 Å². The smallest absolute Gasteiger partial charge is 0.309 e. The van der Waals surface area contributed by atoms with E-state index >= 15 is 0 Å². The summed E-state index contributed by atoms with van der Waals surface area (Å²) >= 11 is 0. The highest BCUT2D eigenvalue weighted by Gasteiger charge is 2.70. The van der Waals surface area contributed by atoms with Gasteiger partial charge in [0.25, 0.3) is 0 Å². The number of allylic oxidation sites excluding steroid dienone is 2. The molecule has 1 heterocycles. The maximum atomic E-state index is 14.3. The standard InChI is InChI=1S/C48H75N3O5/c1-31(2)40-35(52)28-48(23-25-51(27-26-50(11)12)32(3)33-14-13-24-49-30-33)22-21-46(9)34(41(40)48)15-16-37-45(8)19-18-38(56-39(53)29-43(4,5)42(54)55)44(6,7)36(45)17-20-47(37,46)10/h13-14,24,30-32,34,36-38H,15-23,25-29H2,1-12H3,(H,54,55). The average molecular weight is 774 g/mol. The molecule has 6 rings (SSSR count). The van der Waals surface area contributed by atoms with Crippen LogP contribution in [0.1, 0.15) is 151 Å². The molecule has 1 aromatic heterocycles. The Morgan fingerprint density at radius 2 is 1.64 bits per heavy atom. The van der Waals surface area contributed by atoms with Gasteiger partial charge in [-0.2, -0.15) is 0 Å². The van der Waals surface area contributed by atoms with Crippen LogP contribution >= 0.6 is 0 Å². The first-order chi connectivity index (χ1) is 26.0. The summed E-state index contributed by atoms with van der Waals surface area (Å²) in [5.74, 6) is 0.621. The quantitative estimate of drug-likeness (QED) is 0.198. The largest absolute Gasteiger partial charge is 0.481 e. The van der Waals surface area contributed by atoms with Crippen LogP contribution in [0.2, 0.25) is 0 Å². The first kappa shape index (κ1) is 43.0. The number of aromatic nitrogens is 1. The number of nitrogens with zero attached hydrogens (tertiary/aromatic N) is 3. The summed E-state index contributed by atoms with van der Waals surface area (Å²) in [4.78, 5) is 48.6. The zero-order chi connectivity index (χ0) is 41.2. The molecule has 9 atom stereocenters. The summed E-state index contributed by atoms with van der Waals surface area (Å²) in [7, 11) is 4.30. The summed E-state index contributed by atoms with van der Waals surface area (Å²) < 4.78 is 6.21. The number of hydrogen-bond acceptors (Lipinski definition) is 7. The average Bonchev–Trinajstić information content (AvgIpc) is 3.41. The van der Waals surface area contributed by atoms with E-state index in [2.05, 4.69) is 90.3 Å². The number of ketones is 1. The molecule has 8 nitrogen and oxygen atoms in total. The minimum atomic E-state index is -1.15. The highest BCUT2D eigenvalue weighted by atomic mass is 16.5. The van der Waals surface area contributed by atoms with Crippen LogP contribution in [0.3, 0.4) is 0 Å². The molecule has 9 unspecified atom stereocenters. The van der Waals surface area contributed by atoms with Gasteiger partial charge in [-0.05, 0) is 156 Å². The van der Waals surface area contributed by atoms with Crippen LogP contribution < -0.4 is 0 Å². The Bertz CT molecular complexity index is 1680. The number of ether oxygens (including phenoxy) is 1. The number of hydrogen-bond donors (Lipinski definition) is 1. The zero-order valence-corrected chi connectivity index (χ0v) is 37.1. The van der Waals surface area contributed by atoms with Crippen LogP contribution in [0.15, 0.2) is 35.7 Å². The van der Waals surface area contributed by atoms with Gasteiger partial charge in [-0.25, -0.2) is 0 Å². The lowest BCUT2D eigenvalue weighted by molar-refractivity contribution is -0.233. The maximum absolute atomic E-state index is 14.3. The van der Waals surface area contributed by atoms with Gasteiger partial charge < -0.3 is 14.7 Å². The molecular weight excluding hydrogens is 699 g/mol. The van der Waals surface area contributed by atoms with E-state index in [1.165, 1.54) is 12.0 Å². The first-order valence-corrected chi connectivity index (χ1v) is 22.0. The lowest BCUT2D eigenvalue weighted by Gasteiger charge is -2.72. The van der Waals surface area contributed by atoms with Crippen LogP contribution in [0, 0.1) is 56.2 Å². The molecule has 4 saturated carbocycles. The normalized spacial score (nSPS) is 35.9. The van der Waals surface area contributed by atoms with Gasteiger partial charge in [0.05, 0.1) is 11.8 Å². The van der Waals surface area contributed by atoms with E-state index in [-0.39, 0.29) is 51.6 Å². The van der Waals surface area contributed by atoms with Crippen LogP contribution in [0.5, 0.6) is 0 Å². The Kier molecular flexibility index (Phi) is 11.7. The van der Waals surface area contributed by atoms with Gasteiger partial charge in [0.2, 0.25) is 0 Å². The number of Topliss-reactive ketones (excluding diaryl/α,β-unsaturated/α-hetero) is 1. The number of carbonyl (C=O) groups excluding carboxylic acids is 2. The molecule has 0 saturated heterocycles. The summed E-state index contributed by atoms with van der Waals surface area (Å²) in [6, 6.07) is 4.48. The van der Waals surface area contributed by atoms with Gasteiger partial charge in [-0.1, -0.05) is 60.1 Å². The third-order valence-corrected chi connectivity index (χ3v) is 17.4. The Hall–Kier alpha value is -2.58. The fourth-order valence-corrected chi connectivity index (χ4v) is 13.9. The molecule has 0 aliphatic heterocycles. The van der Waals surface area contributed by atoms with Crippen molar-refractivity contribution in [1.82, 2.24) is 14.8 Å². The monoisotopic (exact) mass is 774 g/mol. The highest BCUT2D eigenvalue weighted by molar-refractivity contribution is 6.00. The van der Waals surface area contributed by atoms with Crippen LogP contribution in [-0.4, -0.2) is 77.4 Å². The molecule has 1 aromatic rings. The SMILES string of the molecule is CC(C)C1=C2C3CCC4C5(C)CCC(OC(=O)CC(C)(C)C(=O)O)C(C)(C)C5CCC4(C)C3(C)CCC2(CCN(CCN(C)C)C(C)c2cccnc2)CC1=O. The topological polar surface area (TPSA) is 100 Å². The van der Waals surface area contributed by atoms with Gasteiger partial charge in [0.15, 0.2) is 5.78 Å². The number of pyridine rings is 1. The minimum absolute atomic E-state index is 0.0741. The number of esters is 1. The zero-order valence-electron chi connectivity index (χ0n) is 37.1. The Labute approximate surface area is 339 Å². The Morgan fingerprint density at radius 1 is 0.929 bits per heavy atom. The van der Waals surface area contributed by atoms with Crippen LogP contribution in [-0.2, 0) is 19.1 Å². The molecule has 4 fully saturated rings. The molecule has 5 aliphatic rings. The molecule has 312 valence electrons. The third kappa shape index (κ3) is 7.13. The minimum Gasteiger partial charge on any atom is -0.481 e. The van der Waals surface area contributed by atoms with E-state index in [1.54, 1.807) is 19.4 Å². The molecule has 0 bridgehead atoms. The lowest BCUT2D eigenvalue weighted by Crippen LogP contribution is -2.65. The lowest BCUT2D eigenvalue weighted by atomic mass is 9.33. The van der Waals surface area contributed by atoms with Crippen molar-refractivity contribution in [2.24, 2.45) is 56.2 Å². The third-order valence-electron chi connectivity index (χ3n) is 17.4. The van der Waals surface area contributed by atoms with E-state index in [0.717, 1.165) is 76.6 Å². The van der Waals surface area contributed by atoms with Gasteiger partial charge in [0, 0.05) is 48.8 Å². The van der Waals surface area contributed by atoms with Crippen molar-refractivity contribution >= 4 is 17.7 Å². The van der Waals surface area contributed by atoms with Gasteiger partial charge >= 0.3 is 11.9 Å². The number of fused-ring (bicyclic) bond motifs is 7. The molecule has 8 heteroatoms. The van der Waals surface area contributed by atoms with Gasteiger partial charge in [0.1, 0.15) is 6.10 Å². The first-order valence-electron chi connectivity index (χ1n) is 22.0.